The Morgan fingerprint density at radius 1 is 1.08 bits per heavy atom. The molecule has 5 rings (SSSR count). The second-order valence-corrected chi connectivity index (χ2v) is 10.1. The minimum Gasteiger partial charge on any atom is -0.325 e. The van der Waals surface area contributed by atoms with E-state index in [0.29, 0.717) is 22.1 Å². The summed E-state index contributed by atoms with van der Waals surface area (Å²) < 4.78 is 15.3. The second kappa shape index (κ2) is 11.0. The van der Waals surface area contributed by atoms with E-state index in [0.717, 1.165) is 37.3 Å². The number of halogens is 2. The van der Waals surface area contributed by atoms with Crippen molar-refractivity contribution in [3.05, 3.63) is 88.7 Å². The molecule has 0 aliphatic carbocycles. The number of rotatable bonds is 6. The standard InChI is InChI=1S/C29H29ClFN5O2/c1-34-12-14-36(15-13-34)18-26(37)35(2)25-11-9-21(17-23(25)31)32-28(19-6-4-3-5-7-19)27-22-10-8-20(30)16-24(22)33-29(27)38/h3-11,16-17,27H,12-15,18H2,1-2H3,(H,33,38). The largest absolute Gasteiger partial charge is 0.325 e. The number of nitrogens with one attached hydrogen (secondary N) is 1. The Bertz CT molecular complexity index is 1390. The van der Waals surface area contributed by atoms with Crippen molar-refractivity contribution in [1.82, 2.24) is 9.80 Å². The Morgan fingerprint density at radius 2 is 1.82 bits per heavy atom. The van der Waals surface area contributed by atoms with Gasteiger partial charge in [0.2, 0.25) is 11.8 Å². The highest BCUT2D eigenvalue weighted by molar-refractivity contribution is 6.31. The van der Waals surface area contributed by atoms with Crippen molar-refractivity contribution in [2.24, 2.45) is 4.99 Å². The zero-order valence-corrected chi connectivity index (χ0v) is 22.1. The van der Waals surface area contributed by atoms with E-state index in [4.69, 9.17) is 16.6 Å². The van der Waals surface area contributed by atoms with Crippen LogP contribution in [0, 0.1) is 5.82 Å². The third-order valence-corrected chi connectivity index (χ3v) is 7.30. The molecule has 0 saturated carbocycles. The minimum absolute atomic E-state index is 0.174. The van der Waals surface area contributed by atoms with Crippen LogP contribution in [0.25, 0.3) is 0 Å². The van der Waals surface area contributed by atoms with E-state index in [2.05, 4.69) is 22.2 Å². The number of carbonyl (C=O) groups excluding carboxylic acids is 2. The molecule has 1 saturated heterocycles. The molecule has 2 heterocycles. The number of likely N-dealkylation sites (N-methyl/N-ethyl adjacent to an activating group) is 2. The van der Waals surface area contributed by atoms with Gasteiger partial charge in [-0.1, -0.05) is 48.0 Å². The molecule has 3 aromatic rings. The number of amides is 2. The lowest BCUT2D eigenvalue weighted by Gasteiger charge is -2.32. The van der Waals surface area contributed by atoms with Crippen molar-refractivity contribution in [2.45, 2.75) is 5.92 Å². The van der Waals surface area contributed by atoms with E-state index >= 15 is 4.39 Å². The molecule has 3 aromatic carbocycles. The summed E-state index contributed by atoms with van der Waals surface area (Å²) in [4.78, 5) is 36.3. The minimum atomic E-state index is -0.680. The zero-order chi connectivity index (χ0) is 26.8. The van der Waals surface area contributed by atoms with Gasteiger partial charge in [-0.15, -0.1) is 0 Å². The van der Waals surface area contributed by atoms with E-state index in [1.165, 1.54) is 11.0 Å². The lowest BCUT2D eigenvalue weighted by atomic mass is 9.90. The maximum absolute atomic E-state index is 15.3. The fourth-order valence-corrected chi connectivity index (χ4v) is 5.00. The predicted molar refractivity (Wildman–Crippen MR) is 149 cm³/mol. The molecule has 0 radical (unpaired) electrons. The molecule has 1 fully saturated rings. The van der Waals surface area contributed by atoms with Crippen LogP contribution in [0.3, 0.4) is 0 Å². The first kappa shape index (κ1) is 26.0. The number of hydrogen-bond acceptors (Lipinski definition) is 5. The van der Waals surface area contributed by atoms with Crippen molar-refractivity contribution in [2.75, 3.05) is 57.0 Å². The Labute approximate surface area is 226 Å². The third-order valence-electron chi connectivity index (χ3n) is 7.06. The Hall–Kier alpha value is -3.59. The zero-order valence-electron chi connectivity index (χ0n) is 21.3. The van der Waals surface area contributed by atoms with Crippen molar-refractivity contribution in [3.8, 4) is 0 Å². The molecule has 1 unspecified atom stereocenters. The smallest absolute Gasteiger partial charge is 0.240 e. The SMILES string of the molecule is CN1CCN(CC(=O)N(C)c2ccc(N=C(c3ccccc3)C3C(=O)Nc4cc(Cl)ccc43)cc2F)CC1. The highest BCUT2D eigenvalue weighted by Gasteiger charge is 2.35. The Morgan fingerprint density at radius 3 is 2.53 bits per heavy atom. The van der Waals surface area contributed by atoms with Gasteiger partial charge in [-0.2, -0.15) is 0 Å². The number of carbonyl (C=O) groups is 2. The lowest BCUT2D eigenvalue weighted by Crippen LogP contribution is -2.48. The fourth-order valence-electron chi connectivity index (χ4n) is 4.82. The summed E-state index contributed by atoms with van der Waals surface area (Å²) in [5, 5.41) is 3.40. The number of hydrogen-bond donors (Lipinski definition) is 1. The van der Waals surface area contributed by atoms with E-state index < -0.39 is 11.7 Å². The molecular weight excluding hydrogens is 505 g/mol. The summed E-state index contributed by atoms with van der Waals surface area (Å²) in [6, 6.07) is 19.1. The number of benzene rings is 3. The maximum atomic E-state index is 15.3. The number of piperazine rings is 1. The summed E-state index contributed by atoms with van der Waals surface area (Å²) in [7, 11) is 3.64. The van der Waals surface area contributed by atoms with Gasteiger partial charge in [-0.3, -0.25) is 19.5 Å². The molecule has 0 aromatic heterocycles. The molecule has 0 bridgehead atoms. The van der Waals surface area contributed by atoms with Crippen molar-refractivity contribution < 1.29 is 14.0 Å². The van der Waals surface area contributed by atoms with Gasteiger partial charge < -0.3 is 15.1 Å². The first-order valence-corrected chi connectivity index (χ1v) is 12.9. The van der Waals surface area contributed by atoms with Crippen LogP contribution in [-0.4, -0.2) is 74.1 Å². The predicted octanol–water partition coefficient (Wildman–Crippen LogP) is 4.55. The summed E-state index contributed by atoms with van der Waals surface area (Å²) in [6.45, 7) is 3.65. The van der Waals surface area contributed by atoms with Crippen LogP contribution >= 0.6 is 11.6 Å². The van der Waals surface area contributed by atoms with Gasteiger partial charge in [-0.05, 0) is 42.4 Å². The monoisotopic (exact) mass is 533 g/mol. The molecule has 0 spiro atoms. The van der Waals surface area contributed by atoms with Crippen LogP contribution in [0.1, 0.15) is 17.0 Å². The van der Waals surface area contributed by atoms with Gasteiger partial charge in [0.1, 0.15) is 11.7 Å². The summed E-state index contributed by atoms with van der Waals surface area (Å²) in [5.74, 6) is -1.64. The summed E-state index contributed by atoms with van der Waals surface area (Å²) in [6.07, 6.45) is 0. The second-order valence-electron chi connectivity index (χ2n) is 9.68. The van der Waals surface area contributed by atoms with Crippen molar-refractivity contribution >= 4 is 46.2 Å². The molecule has 9 heteroatoms. The molecule has 7 nitrogen and oxygen atoms in total. The van der Waals surface area contributed by atoms with Gasteiger partial charge in [-0.25, -0.2) is 4.39 Å². The van der Waals surface area contributed by atoms with Gasteiger partial charge in [0.15, 0.2) is 0 Å². The van der Waals surface area contributed by atoms with Crippen LogP contribution in [0.4, 0.5) is 21.5 Å². The van der Waals surface area contributed by atoms with Crippen LogP contribution in [-0.2, 0) is 9.59 Å². The van der Waals surface area contributed by atoms with E-state index in [9.17, 15) is 9.59 Å². The van der Waals surface area contributed by atoms with Gasteiger partial charge in [0.05, 0.1) is 23.6 Å². The van der Waals surface area contributed by atoms with Crippen molar-refractivity contribution in [3.63, 3.8) is 0 Å². The average molecular weight is 534 g/mol. The fraction of sp³-hybridized carbons (Fsp3) is 0.276. The third kappa shape index (κ3) is 5.48. The van der Waals surface area contributed by atoms with Gasteiger partial charge in [0.25, 0.3) is 0 Å². The Kier molecular flexibility index (Phi) is 7.56. The van der Waals surface area contributed by atoms with Crippen molar-refractivity contribution in [1.29, 1.82) is 0 Å². The van der Waals surface area contributed by atoms with Gasteiger partial charge in [0, 0.05) is 50.0 Å². The molecular formula is C29H29ClFN5O2. The molecule has 38 heavy (non-hydrogen) atoms. The number of fused-ring (bicyclic) bond motifs is 1. The molecule has 2 amide bonds. The first-order valence-electron chi connectivity index (χ1n) is 12.5. The number of nitrogens with zero attached hydrogens (tertiary/aromatic N) is 4. The van der Waals surface area contributed by atoms with E-state index in [1.807, 2.05) is 36.4 Å². The number of aliphatic imine (C=N–C) groups is 1. The molecule has 2 aliphatic heterocycles. The van der Waals surface area contributed by atoms with E-state index in [1.54, 1.807) is 31.3 Å². The highest BCUT2D eigenvalue weighted by Crippen LogP contribution is 2.38. The first-order chi connectivity index (χ1) is 18.3. The maximum Gasteiger partial charge on any atom is 0.240 e. The molecule has 196 valence electrons. The van der Waals surface area contributed by atoms with Gasteiger partial charge >= 0.3 is 0 Å². The molecule has 2 aliphatic rings. The topological polar surface area (TPSA) is 68.2 Å². The van der Waals surface area contributed by atoms with E-state index in [-0.39, 0.29) is 24.0 Å². The van der Waals surface area contributed by atoms with Crippen LogP contribution in [0.15, 0.2) is 71.7 Å². The average Bonchev–Trinajstić information content (AvgIpc) is 3.23. The Balaban J connectivity index is 1.43. The van der Waals surface area contributed by atoms with Crippen LogP contribution in [0.2, 0.25) is 5.02 Å². The molecule has 1 N–H and O–H groups in total. The van der Waals surface area contributed by atoms with Crippen LogP contribution in [0.5, 0.6) is 0 Å². The lowest BCUT2D eigenvalue weighted by molar-refractivity contribution is -0.120. The summed E-state index contributed by atoms with van der Waals surface area (Å²) in [5.41, 5.74) is 3.17. The molecule has 1 atom stereocenters. The summed E-state index contributed by atoms with van der Waals surface area (Å²) >= 11 is 6.13. The quantitative estimate of drug-likeness (QED) is 0.472. The number of anilines is 2. The van der Waals surface area contributed by atoms with Crippen LogP contribution < -0.4 is 10.2 Å². The highest BCUT2D eigenvalue weighted by atomic mass is 35.5. The normalized spacial score (nSPS) is 18.3.